The van der Waals surface area contributed by atoms with Crippen molar-refractivity contribution in [1.82, 2.24) is 10.2 Å². The first kappa shape index (κ1) is 16.5. The number of carbonyl (C=O) groups is 2. The minimum Gasteiger partial charge on any atom is -0.383 e. The van der Waals surface area contributed by atoms with E-state index < -0.39 is 5.91 Å². The highest BCUT2D eigenvalue weighted by Gasteiger charge is 2.37. The highest BCUT2D eigenvalue weighted by atomic mass is 32.2. The highest BCUT2D eigenvalue weighted by Crippen LogP contribution is 2.38. The Morgan fingerprint density at radius 2 is 2.25 bits per heavy atom. The van der Waals surface area contributed by atoms with Crippen LogP contribution in [0.25, 0.3) is 0 Å². The molecule has 6 nitrogen and oxygen atoms in total. The van der Waals surface area contributed by atoms with Crippen LogP contribution in [-0.2, 0) is 14.3 Å². The molecule has 1 N–H and O–H groups in total. The molecule has 0 aromatic carbocycles. The summed E-state index contributed by atoms with van der Waals surface area (Å²) in [6, 6.07) is 1.91. The van der Waals surface area contributed by atoms with Crippen molar-refractivity contribution >= 4 is 23.6 Å². The minimum atomic E-state index is -0.463. The predicted molar refractivity (Wildman–Crippen MR) is 76.6 cm³/mol. The molecule has 0 bridgehead atoms. The van der Waals surface area contributed by atoms with Crippen LogP contribution in [0.15, 0.2) is 10.6 Å². The molecule has 0 spiro atoms. The molecule has 1 rings (SSSR count). The fraction of sp³-hybridized carbons (Fsp3) is 0.615. The van der Waals surface area contributed by atoms with Crippen molar-refractivity contribution in [2.24, 2.45) is 0 Å². The summed E-state index contributed by atoms with van der Waals surface area (Å²) in [6.07, 6.45) is 0.674. The van der Waals surface area contributed by atoms with Crippen LogP contribution in [-0.4, -0.2) is 48.8 Å². The Kier molecular flexibility index (Phi) is 6.55. The zero-order valence-corrected chi connectivity index (χ0v) is 12.7. The van der Waals surface area contributed by atoms with E-state index in [1.165, 1.54) is 23.8 Å². The molecule has 0 saturated carbocycles. The number of thioether (sulfide) groups is 1. The van der Waals surface area contributed by atoms with Crippen LogP contribution in [0.1, 0.15) is 20.3 Å². The Morgan fingerprint density at radius 1 is 1.55 bits per heavy atom. The van der Waals surface area contributed by atoms with E-state index in [-0.39, 0.29) is 16.7 Å². The summed E-state index contributed by atoms with van der Waals surface area (Å²) in [6.45, 7) is 4.90. The quantitative estimate of drug-likeness (QED) is 0.446. The van der Waals surface area contributed by atoms with E-state index in [0.29, 0.717) is 31.1 Å². The average molecular weight is 297 g/mol. The zero-order chi connectivity index (χ0) is 15.1. The summed E-state index contributed by atoms with van der Waals surface area (Å²) in [4.78, 5) is 25.6. The predicted octanol–water partition coefficient (Wildman–Crippen LogP) is 0.858. The number of nitrogens with zero attached hydrogens (tertiary/aromatic N) is 2. The molecule has 1 aliphatic rings. The maximum absolute atomic E-state index is 12.1. The fourth-order valence-electron chi connectivity index (χ4n) is 1.82. The number of nitriles is 1. The number of amides is 2. The maximum atomic E-state index is 12.1. The maximum Gasteiger partial charge on any atom is 0.264 e. The topological polar surface area (TPSA) is 82.4 Å². The largest absolute Gasteiger partial charge is 0.383 e. The molecule has 0 radical (unpaired) electrons. The first-order valence-electron chi connectivity index (χ1n) is 6.50. The van der Waals surface area contributed by atoms with Gasteiger partial charge in [-0.3, -0.25) is 9.59 Å². The van der Waals surface area contributed by atoms with Gasteiger partial charge in [0, 0.05) is 20.2 Å². The lowest BCUT2D eigenvalue weighted by molar-refractivity contribution is -0.127. The van der Waals surface area contributed by atoms with Gasteiger partial charge in [0.05, 0.1) is 11.9 Å². The van der Waals surface area contributed by atoms with E-state index in [9.17, 15) is 14.9 Å². The van der Waals surface area contributed by atoms with Gasteiger partial charge in [-0.2, -0.15) is 5.26 Å². The van der Waals surface area contributed by atoms with E-state index in [2.05, 4.69) is 5.32 Å². The van der Waals surface area contributed by atoms with Crippen molar-refractivity contribution in [2.75, 3.05) is 26.8 Å². The molecule has 1 aliphatic heterocycles. The number of nitrogens with one attached hydrogen (secondary N) is 1. The number of hydrogen-bond donors (Lipinski definition) is 1. The van der Waals surface area contributed by atoms with Crippen LogP contribution in [0.5, 0.6) is 0 Å². The number of ether oxygens (including phenoxy) is 1. The van der Waals surface area contributed by atoms with Crippen molar-refractivity contribution in [3.05, 3.63) is 10.6 Å². The number of hydrogen-bond acceptors (Lipinski definition) is 5. The molecule has 7 heteroatoms. The first-order valence-corrected chi connectivity index (χ1v) is 7.38. The molecule has 20 heavy (non-hydrogen) atoms. The molecule has 0 aliphatic carbocycles. The van der Waals surface area contributed by atoms with E-state index in [1.807, 2.05) is 19.9 Å². The van der Waals surface area contributed by atoms with Gasteiger partial charge in [-0.15, -0.1) is 0 Å². The number of rotatable bonds is 6. The van der Waals surface area contributed by atoms with Crippen molar-refractivity contribution in [3.63, 3.8) is 0 Å². The van der Waals surface area contributed by atoms with Gasteiger partial charge in [-0.25, -0.2) is 0 Å². The lowest BCUT2D eigenvalue weighted by Gasteiger charge is -2.15. The van der Waals surface area contributed by atoms with Gasteiger partial charge in [-0.05, 0) is 13.3 Å². The zero-order valence-electron chi connectivity index (χ0n) is 11.9. The summed E-state index contributed by atoms with van der Waals surface area (Å²) < 4.78 is 4.84. The summed E-state index contributed by atoms with van der Waals surface area (Å²) in [5.41, 5.74) is -0.00254. The van der Waals surface area contributed by atoms with Crippen LogP contribution < -0.4 is 5.32 Å². The molecule has 2 amide bonds. The van der Waals surface area contributed by atoms with Crippen LogP contribution in [0.2, 0.25) is 0 Å². The van der Waals surface area contributed by atoms with Gasteiger partial charge in [0.2, 0.25) is 5.91 Å². The first-order chi connectivity index (χ1) is 9.60. The third-order valence-corrected chi connectivity index (χ3v) is 4.34. The lowest BCUT2D eigenvalue weighted by Crippen LogP contribution is -2.32. The molecule has 110 valence electrons. The van der Waals surface area contributed by atoms with Crippen LogP contribution in [0, 0.1) is 11.3 Å². The second kappa shape index (κ2) is 7.92. The molecule has 1 unspecified atom stereocenters. The number of carbonyl (C=O) groups excluding carboxylic acids is 2. The minimum absolute atomic E-state index is 0.00254. The lowest BCUT2D eigenvalue weighted by atomic mass is 10.2. The smallest absolute Gasteiger partial charge is 0.264 e. The van der Waals surface area contributed by atoms with Crippen LogP contribution in [0.4, 0.5) is 0 Å². The van der Waals surface area contributed by atoms with Crippen molar-refractivity contribution in [1.29, 1.82) is 5.26 Å². The van der Waals surface area contributed by atoms with Gasteiger partial charge in [0.1, 0.15) is 16.7 Å². The Hall–Kier alpha value is -1.52. The normalized spacial score (nSPS) is 20.8. The fourth-order valence-corrected chi connectivity index (χ4v) is 3.09. The Balaban J connectivity index is 2.97. The van der Waals surface area contributed by atoms with Crippen LogP contribution >= 0.6 is 11.8 Å². The molecular formula is C13H19N3O3S. The van der Waals surface area contributed by atoms with Crippen molar-refractivity contribution < 1.29 is 14.3 Å². The third kappa shape index (κ3) is 3.52. The molecular weight excluding hydrogens is 278 g/mol. The van der Waals surface area contributed by atoms with E-state index in [4.69, 9.17) is 4.74 Å². The summed E-state index contributed by atoms with van der Waals surface area (Å²) in [5, 5.41) is 12.1. The Morgan fingerprint density at radius 3 is 2.75 bits per heavy atom. The molecule has 1 fully saturated rings. The Bertz CT molecular complexity index is 456. The van der Waals surface area contributed by atoms with E-state index in [1.54, 1.807) is 0 Å². The number of methoxy groups -OCH3 is 1. The second-order valence-corrected chi connectivity index (χ2v) is 5.33. The van der Waals surface area contributed by atoms with Crippen LogP contribution in [0.3, 0.4) is 0 Å². The average Bonchev–Trinajstić information content (AvgIpc) is 2.76. The standard InChI is InChI=1S/C13H19N3O3S/c1-4-10-12(18)16(5-2)13(20-10)9(8-14)11(17)15-6-7-19-3/h10H,4-7H2,1-3H3,(H,15,17)/b13-9-. The molecule has 1 atom stereocenters. The third-order valence-electron chi connectivity index (χ3n) is 2.87. The van der Waals surface area contributed by atoms with Crippen molar-refractivity contribution in [3.8, 4) is 6.07 Å². The van der Waals surface area contributed by atoms with Gasteiger partial charge < -0.3 is 15.0 Å². The highest BCUT2D eigenvalue weighted by molar-refractivity contribution is 8.04. The monoisotopic (exact) mass is 297 g/mol. The van der Waals surface area contributed by atoms with E-state index in [0.717, 1.165) is 0 Å². The summed E-state index contributed by atoms with van der Waals surface area (Å²) in [5.74, 6) is -0.498. The molecule has 1 saturated heterocycles. The van der Waals surface area contributed by atoms with Gasteiger partial charge in [0.25, 0.3) is 5.91 Å². The molecule has 0 aromatic heterocycles. The van der Waals surface area contributed by atoms with E-state index >= 15 is 0 Å². The van der Waals surface area contributed by atoms with Crippen molar-refractivity contribution in [2.45, 2.75) is 25.5 Å². The molecule has 1 heterocycles. The van der Waals surface area contributed by atoms with Gasteiger partial charge >= 0.3 is 0 Å². The summed E-state index contributed by atoms with van der Waals surface area (Å²) >= 11 is 1.29. The second-order valence-electron chi connectivity index (χ2n) is 4.14. The van der Waals surface area contributed by atoms with Gasteiger partial charge in [-0.1, -0.05) is 18.7 Å². The molecule has 0 aromatic rings. The van der Waals surface area contributed by atoms with Gasteiger partial charge in [0.15, 0.2) is 0 Å². The Labute approximate surface area is 123 Å². The summed E-state index contributed by atoms with van der Waals surface area (Å²) in [7, 11) is 1.53. The SMILES string of the molecule is CCC1S/C(=C(/C#N)C(=O)NCCOC)N(CC)C1=O.